The lowest BCUT2D eigenvalue weighted by molar-refractivity contribution is 0.686. The van der Waals surface area contributed by atoms with Crippen LogP contribution in [0.5, 0.6) is 0 Å². The van der Waals surface area contributed by atoms with Crippen LogP contribution in [0.25, 0.3) is 0 Å². The van der Waals surface area contributed by atoms with Crippen molar-refractivity contribution in [3.63, 3.8) is 0 Å². The summed E-state index contributed by atoms with van der Waals surface area (Å²) in [5.41, 5.74) is 8.20. The highest BCUT2D eigenvalue weighted by molar-refractivity contribution is 5.25. The fraction of sp³-hybridized carbons (Fsp3) is 0.308. The van der Waals surface area contributed by atoms with Gasteiger partial charge in [-0.3, -0.25) is 4.68 Å². The number of hydrogen-bond donors (Lipinski definition) is 1. The van der Waals surface area contributed by atoms with E-state index in [2.05, 4.69) is 36.3 Å². The second-order valence-corrected chi connectivity index (χ2v) is 4.08. The van der Waals surface area contributed by atoms with Crippen LogP contribution >= 0.6 is 0 Å². The number of rotatable bonds is 4. The van der Waals surface area contributed by atoms with Crippen molar-refractivity contribution in [3.8, 4) is 0 Å². The molecular weight excluding hydrogens is 198 g/mol. The molecule has 0 saturated carbocycles. The number of nitrogens with two attached hydrogens (primary N) is 1. The Bertz CT molecular complexity index is 417. The van der Waals surface area contributed by atoms with Gasteiger partial charge in [0.15, 0.2) is 0 Å². The molecule has 0 aliphatic rings. The van der Waals surface area contributed by atoms with E-state index in [-0.39, 0.29) is 0 Å². The molecule has 0 spiro atoms. The molecule has 0 aliphatic heterocycles. The van der Waals surface area contributed by atoms with Gasteiger partial charge < -0.3 is 5.73 Å². The highest BCUT2D eigenvalue weighted by Gasteiger charge is 2.02. The molecule has 3 heteroatoms. The average Bonchev–Trinajstić information content (AvgIpc) is 2.82. The van der Waals surface area contributed by atoms with Crippen molar-refractivity contribution in [1.82, 2.24) is 9.78 Å². The van der Waals surface area contributed by atoms with E-state index in [1.165, 1.54) is 11.1 Å². The Morgan fingerprint density at radius 3 is 2.62 bits per heavy atom. The Morgan fingerprint density at radius 2 is 2.06 bits per heavy atom. The highest BCUT2D eigenvalue weighted by atomic mass is 15.3. The zero-order valence-corrected chi connectivity index (χ0v) is 9.50. The van der Waals surface area contributed by atoms with E-state index in [9.17, 15) is 0 Å². The van der Waals surface area contributed by atoms with Crippen molar-refractivity contribution in [3.05, 3.63) is 53.9 Å². The zero-order valence-electron chi connectivity index (χ0n) is 9.50. The zero-order chi connectivity index (χ0) is 11.4. The van der Waals surface area contributed by atoms with Gasteiger partial charge in [0.2, 0.25) is 0 Å². The molecule has 16 heavy (non-hydrogen) atoms. The van der Waals surface area contributed by atoms with Gasteiger partial charge in [-0.15, -0.1) is 0 Å². The molecule has 1 aromatic carbocycles. The minimum Gasteiger partial charge on any atom is -0.330 e. The highest BCUT2D eigenvalue weighted by Crippen LogP contribution is 2.14. The van der Waals surface area contributed by atoms with Crippen molar-refractivity contribution < 1.29 is 0 Å². The van der Waals surface area contributed by atoms with Crippen LogP contribution < -0.4 is 5.73 Å². The first-order chi connectivity index (χ1) is 7.79. The Balaban J connectivity index is 2.07. The third-order valence-corrected chi connectivity index (χ3v) is 2.81. The van der Waals surface area contributed by atoms with Crippen molar-refractivity contribution in [1.29, 1.82) is 0 Å². The van der Waals surface area contributed by atoms with E-state index in [0.29, 0.717) is 12.5 Å². The molecular formula is C13H17N3. The first-order valence-electron chi connectivity index (χ1n) is 5.56. The lowest BCUT2D eigenvalue weighted by Gasteiger charge is -2.09. The molecule has 0 saturated heterocycles. The SMILES string of the molecule is CC(CN)c1ccc(Cn2cccn2)cc1. The Kier molecular flexibility index (Phi) is 3.37. The predicted octanol–water partition coefficient (Wildman–Crippen LogP) is 1.99. The Morgan fingerprint density at radius 1 is 1.31 bits per heavy atom. The van der Waals surface area contributed by atoms with Gasteiger partial charge in [-0.25, -0.2) is 0 Å². The van der Waals surface area contributed by atoms with Crippen molar-refractivity contribution in [2.24, 2.45) is 5.73 Å². The largest absolute Gasteiger partial charge is 0.330 e. The average molecular weight is 215 g/mol. The first-order valence-corrected chi connectivity index (χ1v) is 5.56. The van der Waals surface area contributed by atoms with Gasteiger partial charge in [-0.2, -0.15) is 5.10 Å². The van der Waals surface area contributed by atoms with E-state index in [1.807, 2.05) is 16.9 Å². The van der Waals surface area contributed by atoms with E-state index in [4.69, 9.17) is 5.73 Å². The summed E-state index contributed by atoms with van der Waals surface area (Å²) < 4.78 is 1.92. The van der Waals surface area contributed by atoms with E-state index in [0.717, 1.165) is 6.54 Å². The monoisotopic (exact) mass is 215 g/mol. The molecule has 0 aliphatic carbocycles. The molecule has 1 unspecified atom stereocenters. The van der Waals surface area contributed by atoms with Crippen LogP contribution in [-0.2, 0) is 6.54 Å². The summed E-state index contributed by atoms with van der Waals surface area (Å²) in [4.78, 5) is 0. The first kappa shape index (κ1) is 10.9. The van der Waals surface area contributed by atoms with E-state index in [1.54, 1.807) is 6.20 Å². The second kappa shape index (κ2) is 4.94. The van der Waals surface area contributed by atoms with Gasteiger partial charge in [0, 0.05) is 12.4 Å². The molecule has 1 heterocycles. The fourth-order valence-electron chi connectivity index (χ4n) is 1.67. The third kappa shape index (κ3) is 2.49. The van der Waals surface area contributed by atoms with Crippen molar-refractivity contribution in [2.75, 3.05) is 6.54 Å². The van der Waals surface area contributed by atoms with Gasteiger partial charge in [-0.1, -0.05) is 31.2 Å². The van der Waals surface area contributed by atoms with Gasteiger partial charge in [0.05, 0.1) is 6.54 Å². The molecule has 3 nitrogen and oxygen atoms in total. The van der Waals surface area contributed by atoms with Crippen LogP contribution in [0.4, 0.5) is 0 Å². The van der Waals surface area contributed by atoms with Crippen LogP contribution in [0.1, 0.15) is 24.0 Å². The second-order valence-electron chi connectivity index (χ2n) is 4.08. The maximum Gasteiger partial charge on any atom is 0.0659 e. The standard InChI is InChI=1S/C13H17N3/c1-11(9-14)13-5-3-12(4-6-13)10-16-8-2-7-15-16/h2-8,11H,9-10,14H2,1H3. The molecule has 0 radical (unpaired) electrons. The number of benzene rings is 1. The van der Waals surface area contributed by atoms with Gasteiger partial charge in [0.25, 0.3) is 0 Å². The number of aromatic nitrogens is 2. The molecule has 2 N–H and O–H groups in total. The third-order valence-electron chi connectivity index (χ3n) is 2.81. The molecule has 0 amide bonds. The molecule has 84 valence electrons. The Labute approximate surface area is 95.9 Å². The maximum absolute atomic E-state index is 5.64. The number of nitrogens with zero attached hydrogens (tertiary/aromatic N) is 2. The summed E-state index contributed by atoms with van der Waals surface area (Å²) in [6.07, 6.45) is 3.77. The summed E-state index contributed by atoms with van der Waals surface area (Å²) in [5, 5.41) is 4.18. The van der Waals surface area contributed by atoms with Gasteiger partial charge in [-0.05, 0) is 29.7 Å². The molecule has 0 fully saturated rings. The number of hydrogen-bond acceptors (Lipinski definition) is 2. The quantitative estimate of drug-likeness (QED) is 0.847. The van der Waals surface area contributed by atoms with Crippen LogP contribution in [0.3, 0.4) is 0 Å². The minimum absolute atomic E-state index is 0.429. The minimum atomic E-state index is 0.429. The lowest BCUT2D eigenvalue weighted by Crippen LogP contribution is -2.09. The molecule has 2 rings (SSSR count). The summed E-state index contributed by atoms with van der Waals surface area (Å²) in [5.74, 6) is 0.429. The van der Waals surface area contributed by atoms with Gasteiger partial charge in [0.1, 0.15) is 0 Å². The summed E-state index contributed by atoms with van der Waals surface area (Å²) in [6, 6.07) is 10.5. The summed E-state index contributed by atoms with van der Waals surface area (Å²) in [7, 11) is 0. The smallest absolute Gasteiger partial charge is 0.0659 e. The van der Waals surface area contributed by atoms with Gasteiger partial charge >= 0.3 is 0 Å². The molecule has 2 aromatic rings. The lowest BCUT2D eigenvalue weighted by atomic mass is 10.0. The van der Waals surface area contributed by atoms with Crippen LogP contribution in [-0.4, -0.2) is 16.3 Å². The molecule has 1 atom stereocenters. The fourth-order valence-corrected chi connectivity index (χ4v) is 1.67. The molecule has 0 bridgehead atoms. The van der Waals surface area contributed by atoms with Crippen molar-refractivity contribution >= 4 is 0 Å². The maximum atomic E-state index is 5.64. The summed E-state index contributed by atoms with van der Waals surface area (Å²) >= 11 is 0. The molecule has 1 aromatic heterocycles. The van der Waals surface area contributed by atoms with Crippen LogP contribution in [0, 0.1) is 0 Å². The van der Waals surface area contributed by atoms with Crippen LogP contribution in [0.15, 0.2) is 42.7 Å². The Hall–Kier alpha value is -1.61. The van der Waals surface area contributed by atoms with Crippen LogP contribution in [0.2, 0.25) is 0 Å². The predicted molar refractivity (Wildman–Crippen MR) is 65.2 cm³/mol. The normalized spacial score (nSPS) is 12.6. The summed E-state index contributed by atoms with van der Waals surface area (Å²) in [6.45, 7) is 3.66. The van der Waals surface area contributed by atoms with Crippen molar-refractivity contribution in [2.45, 2.75) is 19.4 Å². The van der Waals surface area contributed by atoms with E-state index < -0.39 is 0 Å². The topological polar surface area (TPSA) is 43.8 Å². The van der Waals surface area contributed by atoms with E-state index >= 15 is 0 Å².